The van der Waals surface area contributed by atoms with Gasteiger partial charge in [0.05, 0.1) is 12.9 Å². The van der Waals surface area contributed by atoms with Gasteiger partial charge in [0.1, 0.15) is 5.75 Å². The third-order valence-corrected chi connectivity index (χ3v) is 6.49. The Bertz CT molecular complexity index is 1270. The van der Waals surface area contributed by atoms with E-state index in [0.717, 1.165) is 28.1 Å². The first-order valence-corrected chi connectivity index (χ1v) is 11.7. The van der Waals surface area contributed by atoms with Gasteiger partial charge in [0.2, 0.25) is 5.91 Å². The Morgan fingerprint density at radius 1 is 1.03 bits per heavy atom. The SMILES string of the molecule is COc1ccc(-n2c(SCC(=O)Nc3cccc(Cl)c3C)nnc2-c2ccc(C)cc2)cc1. The van der Waals surface area contributed by atoms with Crippen molar-refractivity contribution in [2.24, 2.45) is 0 Å². The number of halogens is 1. The number of hydrogen-bond acceptors (Lipinski definition) is 5. The molecule has 1 heterocycles. The average molecular weight is 479 g/mol. The molecule has 8 heteroatoms. The maximum absolute atomic E-state index is 12.6. The minimum atomic E-state index is -0.147. The van der Waals surface area contributed by atoms with E-state index in [2.05, 4.69) is 15.5 Å². The Morgan fingerprint density at radius 3 is 2.45 bits per heavy atom. The number of benzene rings is 3. The van der Waals surface area contributed by atoms with Crippen LogP contribution in [0.3, 0.4) is 0 Å². The van der Waals surface area contributed by atoms with Gasteiger partial charge in [0.15, 0.2) is 11.0 Å². The summed E-state index contributed by atoms with van der Waals surface area (Å²) in [6, 6.07) is 21.2. The fourth-order valence-electron chi connectivity index (χ4n) is 3.28. The molecule has 0 unspecified atom stereocenters. The van der Waals surface area contributed by atoms with Crippen LogP contribution in [0.25, 0.3) is 17.1 Å². The van der Waals surface area contributed by atoms with Gasteiger partial charge in [-0.25, -0.2) is 0 Å². The maximum Gasteiger partial charge on any atom is 0.234 e. The number of nitrogens with zero attached hydrogens (tertiary/aromatic N) is 3. The van der Waals surface area contributed by atoms with Crippen molar-refractivity contribution in [1.29, 1.82) is 0 Å². The van der Waals surface area contributed by atoms with Crippen LogP contribution in [-0.4, -0.2) is 33.5 Å². The summed E-state index contributed by atoms with van der Waals surface area (Å²) < 4.78 is 7.24. The molecular weight excluding hydrogens is 456 g/mol. The normalized spacial score (nSPS) is 10.8. The Morgan fingerprint density at radius 2 is 1.76 bits per heavy atom. The van der Waals surface area contributed by atoms with Crippen LogP contribution in [0.15, 0.2) is 71.9 Å². The second kappa shape index (κ2) is 10.1. The van der Waals surface area contributed by atoms with E-state index in [9.17, 15) is 4.79 Å². The van der Waals surface area contributed by atoms with E-state index in [1.165, 1.54) is 11.8 Å². The van der Waals surface area contributed by atoms with Crippen molar-refractivity contribution in [3.8, 4) is 22.8 Å². The van der Waals surface area contributed by atoms with Crippen LogP contribution in [0.1, 0.15) is 11.1 Å². The topological polar surface area (TPSA) is 69.0 Å². The lowest BCUT2D eigenvalue weighted by molar-refractivity contribution is -0.113. The molecule has 168 valence electrons. The molecule has 6 nitrogen and oxygen atoms in total. The first-order valence-electron chi connectivity index (χ1n) is 10.3. The number of thioether (sulfide) groups is 1. The largest absolute Gasteiger partial charge is 0.497 e. The zero-order valence-electron chi connectivity index (χ0n) is 18.5. The Balaban J connectivity index is 1.61. The van der Waals surface area contributed by atoms with E-state index < -0.39 is 0 Å². The highest BCUT2D eigenvalue weighted by atomic mass is 35.5. The van der Waals surface area contributed by atoms with Gasteiger partial charge in [-0.2, -0.15) is 0 Å². The van der Waals surface area contributed by atoms with Crippen molar-refractivity contribution in [3.63, 3.8) is 0 Å². The molecule has 1 N–H and O–H groups in total. The molecule has 0 radical (unpaired) electrons. The summed E-state index contributed by atoms with van der Waals surface area (Å²) in [6.07, 6.45) is 0. The van der Waals surface area contributed by atoms with Crippen molar-refractivity contribution in [2.45, 2.75) is 19.0 Å². The van der Waals surface area contributed by atoms with Crippen LogP contribution in [0.5, 0.6) is 5.75 Å². The smallest absolute Gasteiger partial charge is 0.234 e. The van der Waals surface area contributed by atoms with E-state index in [1.807, 2.05) is 79.1 Å². The number of nitrogens with one attached hydrogen (secondary N) is 1. The maximum atomic E-state index is 12.6. The fraction of sp³-hybridized carbons (Fsp3) is 0.160. The van der Waals surface area contributed by atoms with Crippen LogP contribution in [0, 0.1) is 13.8 Å². The van der Waals surface area contributed by atoms with Crippen molar-refractivity contribution < 1.29 is 9.53 Å². The van der Waals surface area contributed by atoms with E-state index in [-0.39, 0.29) is 11.7 Å². The molecule has 4 rings (SSSR count). The molecule has 0 aliphatic heterocycles. The monoisotopic (exact) mass is 478 g/mol. The number of anilines is 1. The number of methoxy groups -OCH3 is 1. The zero-order chi connectivity index (χ0) is 23.4. The summed E-state index contributed by atoms with van der Waals surface area (Å²) >= 11 is 7.49. The first kappa shape index (κ1) is 22.9. The number of aryl methyl sites for hydroxylation is 1. The highest BCUT2D eigenvalue weighted by Gasteiger charge is 2.18. The molecule has 0 atom stereocenters. The molecule has 4 aromatic rings. The highest BCUT2D eigenvalue weighted by molar-refractivity contribution is 7.99. The van der Waals surface area contributed by atoms with E-state index >= 15 is 0 Å². The van der Waals surface area contributed by atoms with Crippen LogP contribution >= 0.6 is 23.4 Å². The number of carbonyl (C=O) groups is 1. The Hall–Kier alpha value is -3.29. The lowest BCUT2D eigenvalue weighted by atomic mass is 10.1. The van der Waals surface area contributed by atoms with Crippen molar-refractivity contribution in [3.05, 3.63) is 82.9 Å². The molecule has 0 bridgehead atoms. The summed E-state index contributed by atoms with van der Waals surface area (Å²) in [6.45, 7) is 3.92. The third kappa shape index (κ3) is 5.21. The molecule has 3 aromatic carbocycles. The molecule has 0 aliphatic rings. The van der Waals surface area contributed by atoms with Crippen molar-refractivity contribution in [1.82, 2.24) is 14.8 Å². The van der Waals surface area contributed by atoms with Gasteiger partial charge in [-0.15, -0.1) is 10.2 Å². The molecule has 0 saturated heterocycles. The number of hydrogen-bond donors (Lipinski definition) is 1. The quantitative estimate of drug-likeness (QED) is 0.333. The van der Waals surface area contributed by atoms with Crippen LogP contribution in [-0.2, 0) is 4.79 Å². The van der Waals surface area contributed by atoms with Crippen molar-refractivity contribution in [2.75, 3.05) is 18.2 Å². The molecule has 1 aromatic heterocycles. The first-order chi connectivity index (χ1) is 16.0. The molecule has 33 heavy (non-hydrogen) atoms. The lowest BCUT2D eigenvalue weighted by Crippen LogP contribution is -2.15. The minimum Gasteiger partial charge on any atom is -0.497 e. The molecule has 0 aliphatic carbocycles. The summed E-state index contributed by atoms with van der Waals surface area (Å²) in [7, 11) is 1.63. The predicted octanol–water partition coefficient (Wildman–Crippen LogP) is 5.94. The number of carbonyl (C=O) groups excluding carboxylic acids is 1. The summed E-state index contributed by atoms with van der Waals surface area (Å²) in [5.74, 6) is 1.49. The van der Waals surface area contributed by atoms with Gasteiger partial charge < -0.3 is 10.1 Å². The lowest BCUT2D eigenvalue weighted by Gasteiger charge is -2.12. The molecule has 0 spiro atoms. The standard InChI is InChI=1S/C25H23ClN4O2S/c1-16-7-9-18(10-8-16)24-28-29-25(30(24)19-11-13-20(32-3)14-12-19)33-15-23(31)27-22-6-4-5-21(26)17(22)2/h4-14H,15H2,1-3H3,(H,27,31). The summed E-state index contributed by atoms with van der Waals surface area (Å²) in [4.78, 5) is 12.6. The summed E-state index contributed by atoms with van der Waals surface area (Å²) in [5, 5.41) is 13.0. The van der Waals surface area contributed by atoms with E-state index in [0.29, 0.717) is 21.7 Å². The predicted molar refractivity (Wildman–Crippen MR) is 134 cm³/mol. The van der Waals surface area contributed by atoms with Gasteiger partial charge in [-0.1, -0.05) is 59.3 Å². The zero-order valence-corrected chi connectivity index (χ0v) is 20.1. The van der Waals surface area contributed by atoms with E-state index in [4.69, 9.17) is 16.3 Å². The third-order valence-electron chi connectivity index (χ3n) is 5.15. The number of aromatic nitrogens is 3. The minimum absolute atomic E-state index is 0.147. The van der Waals surface area contributed by atoms with Crippen LogP contribution in [0.2, 0.25) is 5.02 Å². The summed E-state index contributed by atoms with van der Waals surface area (Å²) in [5.41, 5.74) is 4.52. The average Bonchev–Trinajstić information content (AvgIpc) is 3.25. The van der Waals surface area contributed by atoms with Gasteiger partial charge in [0.25, 0.3) is 0 Å². The van der Waals surface area contributed by atoms with Crippen LogP contribution in [0.4, 0.5) is 5.69 Å². The van der Waals surface area contributed by atoms with Crippen molar-refractivity contribution >= 4 is 35.0 Å². The second-order valence-corrected chi connectivity index (χ2v) is 8.80. The van der Waals surface area contributed by atoms with Gasteiger partial charge in [-0.05, 0) is 55.8 Å². The van der Waals surface area contributed by atoms with E-state index in [1.54, 1.807) is 13.2 Å². The highest BCUT2D eigenvalue weighted by Crippen LogP contribution is 2.29. The molecule has 1 amide bonds. The van der Waals surface area contributed by atoms with Gasteiger partial charge in [0, 0.05) is 22.0 Å². The number of amides is 1. The number of rotatable bonds is 7. The Labute approximate surface area is 202 Å². The van der Waals surface area contributed by atoms with Crippen LogP contribution < -0.4 is 10.1 Å². The Kier molecular flexibility index (Phi) is 7.01. The molecule has 0 saturated carbocycles. The number of ether oxygens (including phenoxy) is 1. The molecule has 0 fully saturated rings. The second-order valence-electron chi connectivity index (χ2n) is 7.45. The molecular formula is C25H23ClN4O2S. The fourth-order valence-corrected chi connectivity index (χ4v) is 4.20. The van der Waals surface area contributed by atoms with Gasteiger partial charge in [-0.3, -0.25) is 9.36 Å². The van der Waals surface area contributed by atoms with Gasteiger partial charge >= 0.3 is 0 Å².